The van der Waals surface area contributed by atoms with E-state index in [0.717, 1.165) is 22.0 Å². The van der Waals surface area contributed by atoms with E-state index in [9.17, 15) is 9.59 Å². The third kappa shape index (κ3) is 3.71. The minimum Gasteiger partial charge on any atom is -0.461 e. The van der Waals surface area contributed by atoms with E-state index in [1.54, 1.807) is 6.92 Å². The lowest BCUT2D eigenvalue weighted by atomic mass is 10.1. The third-order valence-corrected chi connectivity index (χ3v) is 3.90. The smallest absolute Gasteiger partial charge is 0.356 e. The third-order valence-electron chi connectivity index (χ3n) is 3.90. The maximum atomic E-state index is 12.5. The van der Waals surface area contributed by atoms with Crippen LogP contribution in [0, 0.1) is 6.92 Å². The number of nitrogens with one attached hydrogen (secondary N) is 2. The van der Waals surface area contributed by atoms with Crippen molar-refractivity contribution in [3.8, 4) is 0 Å². The first-order valence-corrected chi connectivity index (χ1v) is 8.21. The molecule has 1 heterocycles. The SMILES string of the molecule is CCOC(=O)c1[nH]c2ccccc2c1NC(=O)Cc1cccc(C)c1. The van der Waals surface area contributed by atoms with Gasteiger partial charge in [0.15, 0.2) is 0 Å². The second-order valence-corrected chi connectivity index (χ2v) is 5.86. The van der Waals surface area contributed by atoms with Gasteiger partial charge in [-0.1, -0.05) is 48.0 Å². The number of benzene rings is 2. The number of aromatic amines is 1. The van der Waals surface area contributed by atoms with Crippen LogP contribution in [0.4, 0.5) is 5.69 Å². The molecule has 0 radical (unpaired) electrons. The monoisotopic (exact) mass is 336 g/mol. The van der Waals surface area contributed by atoms with Gasteiger partial charge in [-0.3, -0.25) is 4.79 Å². The molecule has 2 N–H and O–H groups in total. The fraction of sp³-hybridized carbons (Fsp3) is 0.200. The molecule has 0 aliphatic heterocycles. The Bertz CT molecular complexity index is 928. The van der Waals surface area contributed by atoms with Crippen molar-refractivity contribution in [1.29, 1.82) is 0 Å². The van der Waals surface area contributed by atoms with Crippen LogP contribution in [0.5, 0.6) is 0 Å². The fourth-order valence-electron chi connectivity index (χ4n) is 2.82. The summed E-state index contributed by atoms with van der Waals surface area (Å²) >= 11 is 0. The van der Waals surface area contributed by atoms with Gasteiger partial charge < -0.3 is 15.0 Å². The number of para-hydroxylation sites is 1. The van der Waals surface area contributed by atoms with Crippen LogP contribution in [-0.2, 0) is 16.0 Å². The Morgan fingerprint density at radius 1 is 1.12 bits per heavy atom. The molecule has 5 nitrogen and oxygen atoms in total. The van der Waals surface area contributed by atoms with Gasteiger partial charge in [0.1, 0.15) is 5.69 Å². The standard InChI is InChI=1S/C20H20N2O3/c1-3-25-20(24)19-18(15-9-4-5-10-16(15)21-19)22-17(23)12-14-8-6-7-13(2)11-14/h4-11,21H,3,12H2,1-2H3,(H,22,23). The quantitative estimate of drug-likeness (QED) is 0.696. The van der Waals surface area contributed by atoms with Crippen LogP contribution in [0.1, 0.15) is 28.5 Å². The number of carbonyl (C=O) groups is 2. The zero-order valence-corrected chi connectivity index (χ0v) is 14.3. The maximum absolute atomic E-state index is 12.5. The number of aryl methyl sites for hydroxylation is 1. The Kier molecular flexibility index (Phi) is 4.84. The van der Waals surface area contributed by atoms with E-state index < -0.39 is 5.97 Å². The minimum absolute atomic E-state index is 0.180. The zero-order valence-electron chi connectivity index (χ0n) is 14.3. The topological polar surface area (TPSA) is 71.2 Å². The normalized spacial score (nSPS) is 10.6. The molecule has 3 rings (SSSR count). The summed E-state index contributed by atoms with van der Waals surface area (Å²) in [6.45, 7) is 4.00. The van der Waals surface area contributed by atoms with Crippen LogP contribution < -0.4 is 5.32 Å². The zero-order chi connectivity index (χ0) is 17.8. The molecule has 3 aromatic rings. The minimum atomic E-state index is -0.482. The Morgan fingerprint density at radius 3 is 2.68 bits per heavy atom. The molecule has 0 unspecified atom stereocenters. The highest BCUT2D eigenvalue weighted by molar-refractivity contribution is 6.11. The highest BCUT2D eigenvalue weighted by Gasteiger charge is 2.20. The summed E-state index contributed by atoms with van der Waals surface area (Å²) in [7, 11) is 0. The van der Waals surface area contributed by atoms with Gasteiger partial charge in [0, 0.05) is 10.9 Å². The van der Waals surface area contributed by atoms with E-state index in [2.05, 4.69) is 10.3 Å². The van der Waals surface area contributed by atoms with Gasteiger partial charge >= 0.3 is 5.97 Å². The number of carbonyl (C=O) groups excluding carboxylic acids is 2. The largest absolute Gasteiger partial charge is 0.461 e. The van der Waals surface area contributed by atoms with Crippen molar-refractivity contribution >= 4 is 28.5 Å². The summed E-state index contributed by atoms with van der Waals surface area (Å²) in [6.07, 6.45) is 0.240. The van der Waals surface area contributed by atoms with E-state index in [-0.39, 0.29) is 24.6 Å². The molecular formula is C20H20N2O3. The number of H-pyrrole nitrogens is 1. The van der Waals surface area contributed by atoms with Crippen LogP contribution in [0.3, 0.4) is 0 Å². The Morgan fingerprint density at radius 2 is 1.92 bits per heavy atom. The first kappa shape index (κ1) is 16.8. The van der Waals surface area contributed by atoms with Crippen LogP contribution in [0.25, 0.3) is 10.9 Å². The van der Waals surface area contributed by atoms with Gasteiger partial charge in [0.05, 0.1) is 18.7 Å². The fourth-order valence-corrected chi connectivity index (χ4v) is 2.82. The summed E-state index contributed by atoms with van der Waals surface area (Å²) in [5, 5.41) is 3.65. The molecule has 128 valence electrons. The van der Waals surface area contributed by atoms with Crippen molar-refractivity contribution in [1.82, 2.24) is 4.98 Å². The van der Waals surface area contributed by atoms with Crippen LogP contribution in [-0.4, -0.2) is 23.5 Å². The summed E-state index contributed by atoms with van der Waals surface area (Å²) in [6, 6.07) is 15.2. The van der Waals surface area contributed by atoms with Crippen molar-refractivity contribution in [2.75, 3.05) is 11.9 Å². The molecule has 1 amide bonds. The Labute approximate surface area is 146 Å². The number of esters is 1. The first-order chi connectivity index (χ1) is 12.1. The van der Waals surface area contributed by atoms with E-state index in [4.69, 9.17) is 4.74 Å². The lowest BCUT2D eigenvalue weighted by Gasteiger charge is -2.08. The summed E-state index contributed by atoms with van der Waals surface area (Å²) in [5.41, 5.74) is 3.53. The average Bonchev–Trinajstić information content (AvgIpc) is 2.94. The predicted molar refractivity (Wildman–Crippen MR) is 97.8 cm³/mol. The molecule has 0 aliphatic carbocycles. The van der Waals surface area contributed by atoms with Crippen molar-refractivity contribution in [3.05, 3.63) is 65.4 Å². The molecule has 25 heavy (non-hydrogen) atoms. The van der Waals surface area contributed by atoms with Gasteiger partial charge in [-0.15, -0.1) is 0 Å². The van der Waals surface area contributed by atoms with E-state index in [0.29, 0.717) is 5.69 Å². The lowest BCUT2D eigenvalue weighted by molar-refractivity contribution is -0.115. The molecule has 0 saturated carbocycles. The molecule has 0 spiro atoms. The second-order valence-electron chi connectivity index (χ2n) is 5.86. The number of rotatable bonds is 5. The van der Waals surface area contributed by atoms with Crippen molar-refractivity contribution in [2.24, 2.45) is 0 Å². The van der Waals surface area contributed by atoms with Gasteiger partial charge in [-0.2, -0.15) is 0 Å². The van der Waals surface area contributed by atoms with Crippen LogP contribution >= 0.6 is 0 Å². The highest BCUT2D eigenvalue weighted by Crippen LogP contribution is 2.28. The molecule has 0 saturated heterocycles. The molecule has 2 aromatic carbocycles. The number of aromatic nitrogens is 1. The average molecular weight is 336 g/mol. The van der Waals surface area contributed by atoms with Gasteiger partial charge in [0.2, 0.25) is 5.91 Å². The molecule has 0 atom stereocenters. The van der Waals surface area contributed by atoms with E-state index in [1.807, 2.05) is 55.5 Å². The van der Waals surface area contributed by atoms with E-state index >= 15 is 0 Å². The molecule has 0 fully saturated rings. The van der Waals surface area contributed by atoms with Crippen molar-refractivity contribution in [3.63, 3.8) is 0 Å². The maximum Gasteiger partial charge on any atom is 0.356 e. The molecular weight excluding hydrogens is 316 g/mol. The number of ether oxygens (including phenoxy) is 1. The van der Waals surface area contributed by atoms with Crippen LogP contribution in [0.2, 0.25) is 0 Å². The Balaban J connectivity index is 1.90. The van der Waals surface area contributed by atoms with Crippen molar-refractivity contribution in [2.45, 2.75) is 20.3 Å². The molecule has 5 heteroatoms. The second kappa shape index (κ2) is 7.21. The Hall–Kier alpha value is -3.08. The summed E-state index contributed by atoms with van der Waals surface area (Å²) in [5.74, 6) is -0.662. The number of hydrogen-bond acceptors (Lipinski definition) is 3. The summed E-state index contributed by atoms with van der Waals surface area (Å²) in [4.78, 5) is 27.7. The number of fused-ring (bicyclic) bond motifs is 1. The van der Waals surface area contributed by atoms with Gasteiger partial charge in [0.25, 0.3) is 0 Å². The highest BCUT2D eigenvalue weighted by atomic mass is 16.5. The number of hydrogen-bond donors (Lipinski definition) is 2. The number of anilines is 1. The number of amides is 1. The van der Waals surface area contributed by atoms with Gasteiger partial charge in [-0.25, -0.2) is 4.79 Å². The lowest BCUT2D eigenvalue weighted by Crippen LogP contribution is -2.17. The van der Waals surface area contributed by atoms with Crippen molar-refractivity contribution < 1.29 is 14.3 Å². The van der Waals surface area contributed by atoms with E-state index in [1.165, 1.54) is 0 Å². The van der Waals surface area contributed by atoms with Gasteiger partial charge in [-0.05, 0) is 25.5 Å². The molecule has 1 aromatic heterocycles. The first-order valence-electron chi connectivity index (χ1n) is 8.21. The summed E-state index contributed by atoms with van der Waals surface area (Å²) < 4.78 is 5.09. The van der Waals surface area contributed by atoms with Crippen LogP contribution in [0.15, 0.2) is 48.5 Å². The molecule has 0 aliphatic rings. The predicted octanol–water partition coefficient (Wildman–Crippen LogP) is 3.83. The molecule has 0 bridgehead atoms.